The molecule has 27 heavy (non-hydrogen) atoms. The molecule has 1 aliphatic carbocycles. The van der Waals surface area contributed by atoms with Crippen LogP contribution in [0.4, 0.5) is 5.69 Å². The van der Waals surface area contributed by atoms with Gasteiger partial charge in [0, 0.05) is 29.5 Å². The first-order chi connectivity index (χ1) is 13.1. The number of rotatable bonds is 5. The third-order valence-corrected chi connectivity index (χ3v) is 5.06. The largest absolute Gasteiger partial charge is 0.299 e. The molecule has 6 heteroatoms. The maximum atomic E-state index is 12.6. The average Bonchev–Trinajstić information content (AvgIpc) is 3.46. The van der Waals surface area contributed by atoms with Crippen molar-refractivity contribution in [2.75, 3.05) is 13.1 Å². The Hall–Kier alpha value is -2.53. The van der Waals surface area contributed by atoms with Gasteiger partial charge < -0.3 is 0 Å². The summed E-state index contributed by atoms with van der Waals surface area (Å²) in [5, 5.41) is 7.52. The van der Waals surface area contributed by atoms with Gasteiger partial charge in [0.25, 0.3) is 0 Å². The molecule has 1 fully saturated rings. The summed E-state index contributed by atoms with van der Waals surface area (Å²) in [6.45, 7) is 3.06. The number of aliphatic imine (C=N–C) groups is 1. The van der Waals surface area contributed by atoms with Crippen LogP contribution in [0.1, 0.15) is 25.3 Å². The van der Waals surface area contributed by atoms with Crippen LogP contribution in [0, 0.1) is 11.8 Å². The van der Waals surface area contributed by atoms with Crippen LogP contribution in [0.15, 0.2) is 58.9 Å². The molecule has 2 aromatic rings. The Kier molecular flexibility index (Phi) is 5.03. The molecule has 0 N–H and O–H groups in total. The molecule has 0 radical (unpaired) electrons. The zero-order valence-electron chi connectivity index (χ0n) is 15.2. The second-order valence-electron chi connectivity index (χ2n) is 7.14. The van der Waals surface area contributed by atoms with Gasteiger partial charge in [0.1, 0.15) is 11.7 Å². The molecule has 4 rings (SSSR count). The van der Waals surface area contributed by atoms with Crippen molar-refractivity contribution in [3.63, 3.8) is 0 Å². The summed E-state index contributed by atoms with van der Waals surface area (Å²) in [5.41, 5.74) is 3.22. The number of Topliss-reactive ketones (excluding diaryl/α,β-unsaturated/α-hetero) is 1. The summed E-state index contributed by atoms with van der Waals surface area (Å²) in [6, 6.07) is 11.2. The van der Waals surface area contributed by atoms with Gasteiger partial charge in [0.05, 0.1) is 23.7 Å². The van der Waals surface area contributed by atoms with Crippen molar-refractivity contribution in [3.05, 3.63) is 59.4 Å². The molecule has 0 bridgehead atoms. The van der Waals surface area contributed by atoms with Gasteiger partial charge in [0.2, 0.25) is 0 Å². The maximum Gasteiger partial charge on any atom is 0.144 e. The van der Waals surface area contributed by atoms with Crippen molar-refractivity contribution < 1.29 is 4.79 Å². The number of hydrogen-bond acceptors (Lipinski definition) is 5. The number of hydrazone groups is 1. The van der Waals surface area contributed by atoms with E-state index in [9.17, 15) is 4.79 Å². The Bertz CT molecular complexity index is 905. The van der Waals surface area contributed by atoms with Crippen LogP contribution in [-0.2, 0) is 4.79 Å². The van der Waals surface area contributed by atoms with Crippen molar-refractivity contribution in [3.8, 4) is 0 Å². The summed E-state index contributed by atoms with van der Waals surface area (Å²) >= 11 is 6.11. The van der Waals surface area contributed by atoms with Gasteiger partial charge in [-0.15, -0.1) is 0 Å². The molecule has 1 aliphatic heterocycles. The third kappa shape index (κ3) is 4.25. The summed E-state index contributed by atoms with van der Waals surface area (Å²) in [7, 11) is 0. The molecule has 1 aromatic carbocycles. The third-order valence-electron chi connectivity index (χ3n) is 4.83. The lowest BCUT2D eigenvalue weighted by molar-refractivity contribution is -0.117. The van der Waals surface area contributed by atoms with Crippen LogP contribution in [-0.4, -0.2) is 40.3 Å². The first-order valence-electron chi connectivity index (χ1n) is 9.17. The number of aromatic nitrogens is 1. The number of pyridine rings is 1. The fraction of sp³-hybridized carbons (Fsp3) is 0.333. The van der Waals surface area contributed by atoms with E-state index in [2.05, 4.69) is 9.99 Å². The van der Waals surface area contributed by atoms with Crippen LogP contribution in [0.5, 0.6) is 0 Å². The molecule has 0 saturated heterocycles. The molecule has 1 unspecified atom stereocenters. The zero-order chi connectivity index (χ0) is 18.8. The Morgan fingerprint density at radius 3 is 2.70 bits per heavy atom. The molecule has 1 atom stereocenters. The lowest BCUT2D eigenvalue weighted by atomic mass is 9.88. The highest BCUT2D eigenvalue weighted by Gasteiger charge is 2.35. The molecule has 2 aliphatic rings. The molecule has 138 valence electrons. The van der Waals surface area contributed by atoms with Gasteiger partial charge in [-0.2, -0.15) is 5.10 Å². The van der Waals surface area contributed by atoms with Gasteiger partial charge in [-0.05, 0) is 56.0 Å². The fourth-order valence-electron chi connectivity index (χ4n) is 3.37. The predicted molar refractivity (Wildman–Crippen MR) is 108 cm³/mol. The smallest absolute Gasteiger partial charge is 0.144 e. The van der Waals surface area contributed by atoms with E-state index in [0.29, 0.717) is 17.5 Å². The van der Waals surface area contributed by atoms with Gasteiger partial charge in [-0.1, -0.05) is 17.7 Å². The minimum atomic E-state index is -0.457. The van der Waals surface area contributed by atoms with Crippen molar-refractivity contribution in [2.24, 2.45) is 21.9 Å². The van der Waals surface area contributed by atoms with Crippen LogP contribution in [0.25, 0.3) is 0 Å². The number of halogens is 1. The number of benzene rings is 1. The Morgan fingerprint density at radius 1 is 1.26 bits per heavy atom. The quantitative estimate of drug-likeness (QED) is 0.783. The second kappa shape index (κ2) is 7.61. The summed E-state index contributed by atoms with van der Waals surface area (Å²) in [4.78, 5) is 21.5. The van der Waals surface area contributed by atoms with Gasteiger partial charge in [-0.25, -0.2) is 0 Å². The van der Waals surface area contributed by atoms with Gasteiger partial charge in [-0.3, -0.25) is 19.8 Å². The van der Waals surface area contributed by atoms with Crippen molar-refractivity contribution in [1.82, 2.24) is 9.99 Å². The van der Waals surface area contributed by atoms with Crippen LogP contribution < -0.4 is 0 Å². The maximum absolute atomic E-state index is 12.6. The minimum Gasteiger partial charge on any atom is -0.299 e. The van der Waals surface area contributed by atoms with Crippen molar-refractivity contribution >= 4 is 34.5 Å². The number of ketones is 1. The highest BCUT2D eigenvalue weighted by atomic mass is 35.5. The minimum absolute atomic E-state index is 0.0393. The lowest BCUT2D eigenvalue weighted by Gasteiger charge is -2.31. The molecular weight excluding hydrogens is 360 g/mol. The highest BCUT2D eigenvalue weighted by molar-refractivity contribution is 6.31. The molecule has 1 aromatic heterocycles. The first-order valence-corrected chi connectivity index (χ1v) is 9.55. The predicted octanol–water partition coefficient (Wildman–Crippen LogP) is 4.14. The van der Waals surface area contributed by atoms with Crippen LogP contribution >= 0.6 is 11.6 Å². The van der Waals surface area contributed by atoms with Crippen molar-refractivity contribution in [1.29, 1.82) is 0 Å². The lowest BCUT2D eigenvalue weighted by Crippen LogP contribution is -2.44. The van der Waals surface area contributed by atoms with E-state index in [0.717, 1.165) is 29.2 Å². The van der Waals surface area contributed by atoms with E-state index >= 15 is 0 Å². The topological polar surface area (TPSA) is 57.9 Å². The van der Waals surface area contributed by atoms with Gasteiger partial charge >= 0.3 is 0 Å². The Balaban J connectivity index is 1.77. The van der Waals surface area contributed by atoms with Crippen molar-refractivity contribution in [2.45, 2.75) is 19.8 Å². The van der Waals surface area contributed by atoms with E-state index in [1.54, 1.807) is 19.3 Å². The zero-order valence-corrected chi connectivity index (χ0v) is 15.9. The van der Waals surface area contributed by atoms with Crippen LogP contribution in [0.3, 0.4) is 0 Å². The molecule has 0 spiro atoms. The number of nitrogens with zero attached hydrogens (tertiary/aromatic N) is 4. The van der Waals surface area contributed by atoms with Crippen LogP contribution in [0.2, 0.25) is 5.02 Å². The number of hydrogen-bond donors (Lipinski definition) is 0. The second-order valence-corrected chi connectivity index (χ2v) is 7.57. The number of carbonyl (C=O) groups excluding carboxylic acids is 1. The monoisotopic (exact) mass is 380 g/mol. The summed E-state index contributed by atoms with van der Waals surface area (Å²) < 4.78 is 0. The Labute approximate surface area is 163 Å². The SMILES string of the molecule is CC(=O)C1C(=Nc2cccc(Cl)c2)CN(CC2CC2)N=C1c1ccncc1. The standard InChI is InChI=1S/C21H21ClN4O/c1-14(27)20-19(24-18-4-2-3-17(22)11-18)13-26(12-15-5-6-15)25-21(20)16-7-9-23-10-8-16/h2-4,7-11,15,20H,5-6,12-13H2,1H3. The van der Waals surface area contributed by atoms with E-state index in [1.807, 2.05) is 36.4 Å². The molecule has 2 heterocycles. The van der Waals surface area contributed by atoms with E-state index in [-0.39, 0.29) is 5.78 Å². The normalized spacial score (nSPS) is 21.3. The Morgan fingerprint density at radius 2 is 2.04 bits per heavy atom. The van der Waals surface area contributed by atoms with E-state index in [1.165, 1.54) is 12.8 Å². The van der Waals surface area contributed by atoms with E-state index in [4.69, 9.17) is 21.7 Å². The molecule has 5 nitrogen and oxygen atoms in total. The average molecular weight is 381 g/mol. The molecule has 1 saturated carbocycles. The van der Waals surface area contributed by atoms with E-state index < -0.39 is 5.92 Å². The first kappa shape index (κ1) is 17.9. The summed E-state index contributed by atoms with van der Waals surface area (Å²) in [6.07, 6.45) is 5.94. The number of carbonyl (C=O) groups is 1. The molecule has 0 amide bonds. The summed E-state index contributed by atoms with van der Waals surface area (Å²) in [5.74, 6) is 0.271. The van der Waals surface area contributed by atoms with Gasteiger partial charge in [0.15, 0.2) is 0 Å². The fourth-order valence-corrected chi connectivity index (χ4v) is 3.56. The highest BCUT2D eigenvalue weighted by Crippen LogP contribution is 2.32. The molecular formula is C21H21ClN4O.